The van der Waals surface area contributed by atoms with Gasteiger partial charge in [0.05, 0.1) is 0 Å². The molecule has 0 radical (unpaired) electrons. The quantitative estimate of drug-likeness (QED) is 0.741. The molecule has 2 heterocycles. The van der Waals surface area contributed by atoms with Gasteiger partial charge in [-0.25, -0.2) is 0 Å². The number of likely N-dealkylation sites (N-methyl/N-ethyl adjacent to an activating group) is 1. The third-order valence-electron chi connectivity index (χ3n) is 6.70. The predicted octanol–water partition coefficient (Wildman–Crippen LogP) is 2.40. The van der Waals surface area contributed by atoms with Crippen LogP contribution in [0.5, 0.6) is 0 Å². The maximum atomic E-state index is 5.32. The molecule has 0 aromatic rings. The van der Waals surface area contributed by atoms with Gasteiger partial charge in [0.15, 0.2) is 0 Å². The molecule has 0 spiro atoms. The zero-order valence-electron chi connectivity index (χ0n) is 16.1. The van der Waals surface area contributed by atoms with Crippen molar-refractivity contribution in [3.8, 4) is 0 Å². The molecule has 2 saturated heterocycles. The Kier molecular flexibility index (Phi) is 7.38. The largest absolute Gasteiger partial charge is 0.384 e. The Morgan fingerprint density at radius 2 is 1.17 bits per heavy atom. The summed E-state index contributed by atoms with van der Waals surface area (Å²) in [7, 11) is 4.09. The summed E-state index contributed by atoms with van der Waals surface area (Å²) >= 11 is 0. The second-order valence-electron chi connectivity index (χ2n) is 8.69. The first-order chi connectivity index (χ1) is 11.7. The summed E-state index contributed by atoms with van der Waals surface area (Å²) in [6.07, 6.45) is 8.56. The lowest BCUT2D eigenvalue weighted by atomic mass is 9.81. The van der Waals surface area contributed by atoms with Gasteiger partial charge in [-0.3, -0.25) is 0 Å². The lowest BCUT2D eigenvalue weighted by Gasteiger charge is -2.39. The molecule has 0 atom stereocenters. The highest BCUT2D eigenvalue weighted by molar-refractivity contribution is 4.81. The predicted molar refractivity (Wildman–Crippen MR) is 100 cm³/mol. The van der Waals surface area contributed by atoms with Crippen molar-refractivity contribution < 1.29 is 4.74 Å². The number of rotatable bonds is 6. The van der Waals surface area contributed by atoms with Crippen LogP contribution in [-0.2, 0) is 4.74 Å². The molecule has 1 saturated carbocycles. The van der Waals surface area contributed by atoms with E-state index in [2.05, 4.69) is 21.7 Å². The third-order valence-corrected chi connectivity index (χ3v) is 6.70. The normalized spacial score (nSPS) is 32.2. The molecule has 3 fully saturated rings. The summed E-state index contributed by atoms with van der Waals surface area (Å²) in [5.41, 5.74) is 0. The fourth-order valence-electron chi connectivity index (χ4n) is 4.93. The molecule has 2 aliphatic heterocycles. The van der Waals surface area contributed by atoms with Crippen molar-refractivity contribution in [1.29, 1.82) is 0 Å². The van der Waals surface area contributed by atoms with Gasteiger partial charge in [0.1, 0.15) is 0 Å². The molecule has 3 aliphatic rings. The highest BCUT2D eigenvalue weighted by Gasteiger charge is 2.27. The van der Waals surface area contributed by atoms with E-state index in [1.807, 2.05) is 7.11 Å². The fourth-order valence-corrected chi connectivity index (χ4v) is 4.93. The molecule has 3 rings (SSSR count). The van der Waals surface area contributed by atoms with Gasteiger partial charge in [0.25, 0.3) is 0 Å². The van der Waals surface area contributed by atoms with Crippen LogP contribution >= 0.6 is 0 Å². The summed E-state index contributed by atoms with van der Waals surface area (Å²) in [5, 5.41) is 0. The first-order valence-corrected chi connectivity index (χ1v) is 10.3. The minimum absolute atomic E-state index is 0.811. The summed E-state index contributed by atoms with van der Waals surface area (Å²) < 4.78 is 5.32. The van der Waals surface area contributed by atoms with Crippen LogP contribution in [0.4, 0.5) is 0 Å². The summed E-state index contributed by atoms with van der Waals surface area (Å²) in [6.45, 7) is 11.4. The SMILES string of the molecule is COCC1CCN(C[C@H]2CC[C@H](CN3CCN(C)CC3)CC2)CC1. The molecule has 0 bridgehead atoms. The van der Waals surface area contributed by atoms with E-state index in [1.54, 1.807) is 0 Å². The number of ether oxygens (including phenoxy) is 1. The Morgan fingerprint density at radius 1 is 0.667 bits per heavy atom. The molecule has 4 nitrogen and oxygen atoms in total. The summed E-state index contributed by atoms with van der Waals surface area (Å²) in [6, 6.07) is 0. The first-order valence-electron chi connectivity index (χ1n) is 10.3. The highest BCUT2D eigenvalue weighted by atomic mass is 16.5. The standard InChI is InChI=1S/C20H39N3O/c1-21-11-13-23(14-12-21)16-19-5-3-18(4-6-19)15-22-9-7-20(8-10-22)17-24-2/h18-20H,3-17H2,1-2H3/t18-,19-. The van der Waals surface area contributed by atoms with E-state index >= 15 is 0 Å². The molecule has 0 unspecified atom stereocenters. The van der Waals surface area contributed by atoms with Crippen molar-refractivity contribution in [2.45, 2.75) is 38.5 Å². The zero-order valence-corrected chi connectivity index (χ0v) is 16.1. The zero-order chi connectivity index (χ0) is 16.8. The van der Waals surface area contributed by atoms with E-state index in [9.17, 15) is 0 Å². The number of nitrogens with zero attached hydrogens (tertiary/aromatic N) is 3. The van der Waals surface area contributed by atoms with Gasteiger partial charge in [0.2, 0.25) is 0 Å². The molecule has 140 valence electrons. The van der Waals surface area contributed by atoms with E-state index in [0.717, 1.165) is 24.4 Å². The summed E-state index contributed by atoms with van der Waals surface area (Å²) in [5.74, 6) is 2.75. The number of piperazine rings is 1. The average molecular weight is 338 g/mol. The van der Waals surface area contributed by atoms with Crippen molar-refractivity contribution in [2.75, 3.05) is 73.1 Å². The number of likely N-dealkylation sites (tertiary alicyclic amines) is 1. The molecule has 24 heavy (non-hydrogen) atoms. The van der Waals surface area contributed by atoms with Crippen LogP contribution in [0.3, 0.4) is 0 Å². The van der Waals surface area contributed by atoms with Crippen molar-refractivity contribution in [2.24, 2.45) is 17.8 Å². The van der Waals surface area contributed by atoms with E-state index in [0.29, 0.717) is 0 Å². The third kappa shape index (κ3) is 5.69. The Bertz CT molecular complexity index is 341. The number of hydrogen-bond donors (Lipinski definition) is 0. The topological polar surface area (TPSA) is 19.0 Å². The van der Waals surface area contributed by atoms with Crippen LogP contribution in [-0.4, -0.2) is 87.8 Å². The average Bonchev–Trinajstić information content (AvgIpc) is 2.61. The lowest BCUT2D eigenvalue weighted by molar-refractivity contribution is 0.0809. The minimum atomic E-state index is 0.811. The van der Waals surface area contributed by atoms with Crippen molar-refractivity contribution >= 4 is 0 Å². The van der Waals surface area contributed by atoms with Gasteiger partial charge in [-0.2, -0.15) is 0 Å². The molecule has 4 heteroatoms. The number of methoxy groups -OCH3 is 1. The molecule has 0 aromatic heterocycles. The van der Waals surface area contributed by atoms with Crippen molar-refractivity contribution in [3.63, 3.8) is 0 Å². The Morgan fingerprint density at radius 3 is 1.67 bits per heavy atom. The highest BCUT2D eigenvalue weighted by Crippen LogP contribution is 2.31. The molecule has 1 aliphatic carbocycles. The van der Waals surface area contributed by atoms with Gasteiger partial charge >= 0.3 is 0 Å². The van der Waals surface area contributed by atoms with Crippen LogP contribution in [0.1, 0.15) is 38.5 Å². The van der Waals surface area contributed by atoms with Gasteiger partial charge in [-0.1, -0.05) is 0 Å². The number of piperidine rings is 1. The van der Waals surface area contributed by atoms with E-state index < -0.39 is 0 Å². The molecule has 0 N–H and O–H groups in total. The maximum Gasteiger partial charge on any atom is 0.0491 e. The van der Waals surface area contributed by atoms with Crippen LogP contribution in [0.15, 0.2) is 0 Å². The van der Waals surface area contributed by atoms with Crippen LogP contribution in [0.2, 0.25) is 0 Å². The monoisotopic (exact) mass is 337 g/mol. The lowest BCUT2D eigenvalue weighted by Crippen LogP contribution is -2.46. The van der Waals surface area contributed by atoms with Gasteiger partial charge in [-0.15, -0.1) is 0 Å². The maximum absolute atomic E-state index is 5.32. The van der Waals surface area contributed by atoms with Crippen molar-refractivity contribution in [3.05, 3.63) is 0 Å². The second-order valence-corrected chi connectivity index (χ2v) is 8.69. The number of hydrogen-bond acceptors (Lipinski definition) is 4. The molecule has 0 amide bonds. The molecular weight excluding hydrogens is 298 g/mol. The van der Waals surface area contributed by atoms with Gasteiger partial charge in [0, 0.05) is 53.0 Å². The van der Waals surface area contributed by atoms with Crippen LogP contribution in [0.25, 0.3) is 0 Å². The van der Waals surface area contributed by atoms with Crippen LogP contribution < -0.4 is 0 Å². The molecular formula is C20H39N3O. The summed E-state index contributed by atoms with van der Waals surface area (Å²) in [4.78, 5) is 7.91. The Balaban J connectivity index is 1.30. The van der Waals surface area contributed by atoms with Crippen LogP contribution in [0, 0.1) is 17.8 Å². The first kappa shape index (κ1) is 18.6. The van der Waals surface area contributed by atoms with E-state index in [-0.39, 0.29) is 0 Å². The fraction of sp³-hybridized carbons (Fsp3) is 1.00. The van der Waals surface area contributed by atoms with Gasteiger partial charge in [-0.05, 0) is 76.4 Å². The minimum Gasteiger partial charge on any atom is -0.384 e. The molecule has 0 aromatic carbocycles. The van der Waals surface area contributed by atoms with E-state index in [4.69, 9.17) is 4.74 Å². The Labute approximate surface area is 149 Å². The van der Waals surface area contributed by atoms with E-state index in [1.165, 1.54) is 90.9 Å². The second kappa shape index (κ2) is 9.51. The van der Waals surface area contributed by atoms with Crippen molar-refractivity contribution in [1.82, 2.24) is 14.7 Å². The van der Waals surface area contributed by atoms with Gasteiger partial charge < -0.3 is 19.4 Å². The smallest absolute Gasteiger partial charge is 0.0491 e. The Hall–Kier alpha value is -0.160.